The Balaban J connectivity index is 0.000000320. The second kappa shape index (κ2) is 12.4. The second-order valence-electron chi connectivity index (χ2n) is 8.83. The highest BCUT2D eigenvalue weighted by Gasteiger charge is 2.29. The highest BCUT2D eigenvalue weighted by molar-refractivity contribution is 6.89. The molecular weight excluding hydrogens is 432 g/mol. The molecule has 0 aromatic heterocycles. The van der Waals surface area contributed by atoms with Gasteiger partial charge in [0.2, 0.25) is 0 Å². The number of rotatable bonds is 8. The standard InChI is InChI=1S/2C13H18O2Si/c1-11(2)13(14)15-10-16(3,4)12-8-6-5-7-9-12;1-5-11(2)13(14)15-16(3,4)12-9-7-6-8-10-12/h5-9H,1,10H2,2-4H3;6-10H,2,5H2,1,3-4H3. The molecule has 0 N–H and O–H groups in total. The molecule has 0 aliphatic rings. The molecule has 0 bridgehead atoms. The minimum Gasteiger partial charge on any atom is -0.512 e. The van der Waals surface area contributed by atoms with E-state index in [1.165, 1.54) is 5.19 Å². The Labute approximate surface area is 195 Å². The summed E-state index contributed by atoms with van der Waals surface area (Å²) in [4.78, 5) is 23.0. The molecule has 0 fully saturated rings. The fraction of sp³-hybridized carbons (Fsp3) is 0.308. The van der Waals surface area contributed by atoms with Crippen LogP contribution in [0.15, 0.2) is 85.0 Å². The minimum atomic E-state index is -2.13. The lowest BCUT2D eigenvalue weighted by Crippen LogP contribution is -2.46. The average molecular weight is 469 g/mol. The third-order valence-electron chi connectivity index (χ3n) is 5.00. The van der Waals surface area contributed by atoms with Crippen molar-refractivity contribution in [2.75, 3.05) is 6.23 Å². The number of carbonyl (C=O) groups is 2. The Bertz CT molecular complexity index is 917. The molecule has 0 heterocycles. The van der Waals surface area contributed by atoms with Crippen LogP contribution in [0.25, 0.3) is 0 Å². The van der Waals surface area contributed by atoms with E-state index < -0.39 is 16.4 Å². The molecule has 172 valence electrons. The van der Waals surface area contributed by atoms with E-state index in [9.17, 15) is 9.59 Å². The number of carbonyl (C=O) groups excluding carboxylic acids is 2. The van der Waals surface area contributed by atoms with Gasteiger partial charge in [-0.25, -0.2) is 9.59 Å². The Kier molecular flexibility index (Phi) is 10.6. The number of esters is 1. The van der Waals surface area contributed by atoms with Gasteiger partial charge in [-0.05, 0) is 31.6 Å². The lowest BCUT2D eigenvalue weighted by atomic mass is 10.2. The molecule has 2 rings (SSSR count). The molecule has 0 spiro atoms. The van der Waals surface area contributed by atoms with E-state index >= 15 is 0 Å². The van der Waals surface area contributed by atoms with Gasteiger partial charge in [0.25, 0.3) is 8.32 Å². The fourth-order valence-electron chi connectivity index (χ4n) is 2.69. The smallest absolute Gasteiger partial charge is 0.332 e. The first-order chi connectivity index (χ1) is 14.9. The van der Waals surface area contributed by atoms with Crippen LogP contribution in [0.5, 0.6) is 0 Å². The molecule has 0 amide bonds. The minimum absolute atomic E-state index is 0.261. The molecule has 0 radical (unpaired) electrons. The fourth-order valence-corrected chi connectivity index (χ4v) is 6.16. The normalized spacial score (nSPS) is 10.9. The largest absolute Gasteiger partial charge is 0.512 e. The summed E-state index contributed by atoms with van der Waals surface area (Å²) in [5, 5.41) is 2.41. The maximum absolute atomic E-state index is 11.7. The molecule has 6 heteroatoms. The number of benzene rings is 2. The van der Waals surface area contributed by atoms with E-state index in [2.05, 4.69) is 38.4 Å². The molecule has 4 nitrogen and oxygen atoms in total. The van der Waals surface area contributed by atoms with Crippen LogP contribution in [0, 0.1) is 0 Å². The second-order valence-corrected chi connectivity index (χ2v) is 17.3. The van der Waals surface area contributed by atoms with E-state index in [-0.39, 0.29) is 11.9 Å². The molecule has 32 heavy (non-hydrogen) atoms. The van der Waals surface area contributed by atoms with Crippen molar-refractivity contribution in [1.29, 1.82) is 0 Å². The van der Waals surface area contributed by atoms with Crippen molar-refractivity contribution in [2.24, 2.45) is 0 Å². The van der Waals surface area contributed by atoms with E-state index in [0.717, 1.165) is 5.19 Å². The first kappa shape index (κ1) is 27.3. The third kappa shape index (κ3) is 8.80. The van der Waals surface area contributed by atoms with Crippen LogP contribution in [0.1, 0.15) is 20.3 Å². The van der Waals surface area contributed by atoms with Crippen molar-refractivity contribution in [3.63, 3.8) is 0 Å². The van der Waals surface area contributed by atoms with Gasteiger partial charge in [0.05, 0.1) is 6.23 Å². The van der Waals surface area contributed by atoms with Gasteiger partial charge in [0.1, 0.15) is 8.07 Å². The summed E-state index contributed by atoms with van der Waals surface area (Å²) < 4.78 is 10.8. The number of hydrogen-bond donors (Lipinski definition) is 0. The van der Waals surface area contributed by atoms with Gasteiger partial charge >= 0.3 is 11.9 Å². The van der Waals surface area contributed by atoms with Crippen LogP contribution in [0.2, 0.25) is 26.2 Å². The zero-order valence-electron chi connectivity index (χ0n) is 20.2. The molecule has 0 saturated carbocycles. The van der Waals surface area contributed by atoms with Crippen molar-refractivity contribution in [1.82, 2.24) is 0 Å². The summed E-state index contributed by atoms with van der Waals surface area (Å²) in [6.07, 6.45) is 1.14. The van der Waals surface area contributed by atoms with E-state index in [0.29, 0.717) is 23.8 Å². The van der Waals surface area contributed by atoms with E-state index in [4.69, 9.17) is 9.16 Å². The first-order valence-electron chi connectivity index (χ1n) is 10.8. The topological polar surface area (TPSA) is 52.6 Å². The van der Waals surface area contributed by atoms with Crippen molar-refractivity contribution in [2.45, 2.75) is 46.5 Å². The quantitative estimate of drug-likeness (QED) is 0.315. The number of ether oxygens (including phenoxy) is 1. The van der Waals surface area contributed by atoms with Gasteiger partial charge in [-0.3, -0.25) is 0 Å². The van der Waals surface area contributed by atoms with Crippen molar-refractivity contribution in [3.05, 3.63) is 85.0 Å². The zero-order chi connectivity index (χ0) is 24.4. The van der Waals surface area contributed by atoms with Gasteiger partial charge in [0, 0.05) is 11.1 Å². The van der Waals surface area contributed by atoms with Crippen molar-refractivity contribution >= 4 is 38.7 Å². The van der Waals surface area contributed by atoms with Crippen LogP contribution >= 0.6 is 0 Å². The predicted octanol–water partition coefficient (Wildman–Crippen LogP) is 4.87. The van der Waals surface area contributed by atoms with Crippen LogP contribution in [0.4, 0.5) is 0 Å². The predicted molar refractivity (Wildman–Crippen MR) is 138 cm³/mol. The lowest BCUT2D eigenvalue weighted by Gasteiger charge is -2.23. The average Bonchev–Trinajstić information content (AvgIpc) is 2.78. The molecule has 0 aliphatic heterocycles. The van der Waals surface area contributed by atoms with Gasteiger partial charge in [0.15, 0.2) is 0 Å². The highest BCUT2D eigenvalue weighted by Crippen LogP contribution is 2.10. The maximum atomic E-state index is 11.7. The Morgan fingerprint density at radius 1 is 0.812 bits per heavy atom. The van der Waals surface area contributed by atoms with E-state index in [1.54, 1.807) is 6.92 Å². The van der Waals surface area contributed by atoms with Crippen LogP contribution in [-0.2, 0) is 18.8 Å². The highest BCUT2D eigenvalue weighted by atomic mass is 28.4. The summed E-state index contributed by atoms with van der Waals surface area (Å²) in [6, 6.07) is 20.1. The summed E-state index contributed by atoms with van der Waals surface area (Å²) >= 11 is 0. The van der Waals surface area contributed by atoms with Gasteiger partial charge in [-0.15, -0.1) is 0 Å². The molecule has 0 saturated heterocycles. The molecular formula is C26H36O4Si2. The first-order valence-corrected chi connectivity index (χ1v) is 16.9. The molecule has 2 aromatic rings. The summed E-state index contributed by atoms with van der Waals surface area (Å²) in [5.74, 6) is -0.556. The van der Waals surface area contributed by atoms with Gasteiger partial charge in [-0.1, -0.05) is 99.0 Å². The van der Waals surface area contributed by atoms with Gasteiger partial charge < -0.3 is 9.16 Å². The molecule has 2 aromatic carbocycles. The van der Waals surface area contributed by atoms with Crippen LogP contribution in [0.3, 0.4) is 0 Å². The summed E-state index contributed by atoms with van der Waals surface area (Å²) in [5.41, 5.74) is 0.995. The number of hydrogen-bond acceptors (Lipinski definition) is 4. The van der Waals surface area contributed by atoms with Crippen molar-refractivity contribution < 1.29 is 18.8 Å². The lowest BCUT2D eigenvalue weighted by molar-refractivity contribution is -0.137. The SMILES string of the molecule is C=C(C)C(=O)OC[Si](C)(C)c1ccccc1.C=C(CC)C(=O)O[Si](C)(C)c1ccccc1. The molecule has 0 atom stereocenters. The maximum Gasteiger partial charge on any atom is 0.332 e. The summed E-state index contributed by atoms with van der Waals surface area (Å²) in [7, 11) is -3.80. The van der Waals surface area contributed by atoms with Crippen molar-refractivity contribution in [3.8, 4) is 0 Å². The molecule has 0 unspecified atom stereocenters. The van der Waals surface area contributed by atoms with Gasteiger partial charge in [-0.2, -0.15) is 0 Å². The third-order valence-corrected chi connectivity index (χ3v) is 10.2. The van der Waals surface area contributed by atoms with Crippen LogP contribution < -0.4 is 10.4 Å². The summed E-state index contributed by atoms with van der Waals surface area (Å²) in [6.45, 7) is 19.2. The zero-order valence-corrected chi connectivity index (χ0v) is 22.2. The Hall–Kier alpha value is -2.71. The Morgan fingerprint density at radius 2 is 1.28 bits per heavy atom. The Morgan fingerprint density at radius 3 is 1.72 bits per heavy atom. The monoisotopic (exact) mass is 468 g/mol. The van der Waals surface area contributed by atoms with Crippen LogP contribution in [-0.4, -0.2) is 34.6 Å². The molecule has 0 aliphatic carbocycles. The van der Waals surface area contributed by atoms with E-state index in [1.807, 2.05) is 68.5 Å².